The maximum absolute atomic E-state index is 12.8. The number of alkyl halides is 3. The average molecular weight is 337 g/mol. The predicted octanol–water partition coefficient (Wildman–Crippen LogP) is 3.06. The Kier molecular flexibility index (Phi) is 5.54. The smallest absolute Gasteiger partial charge is 0.264 e. The van der Waals surface area contributed by atoms with Crippen LogP contribution in [0.4, 0.5) is 19.0 Å². The summed E-state index contributed by atoms with van der Waals surface area (Å²) in [6.45, 7) is 0. The Morgan fingerprint density at radius 2 is 2.22 bits per heavy atom. The van der Waals surface area contributed by atoms with Crippen molar-refractivity contribution in [1.29, 1.82) is 0 Å². The number of hydrogen-bond acceptors (Lipinski definition) is 6. The number of thioether (sulfide) groups is 1. The van der Waals surface area contributed by atoms with Gasteiger partial charge in [-0.3, -0.25) is 10.4 Å². The SMILES string of the molecule is C#CCSc1nc(NN=Cc2cccnc2)cc(C(F)(F)F)n1. The zero-order chi connectivity index (χ0) is 16.7. The van der Waals surface area contributed by atoms with E-state index >= 15 is 0 Å². The minimum atomic E-state index is -4.59. The number of hydrogen-bond donors (Lipinski definition) is 1. The molecule has 0 spiro atoms. The van der Waals surface area contributed by atoms with Gasteiger partial charge in [0, 0.05) is 24.0 Å². The molecule has 0 fully saturated rings. The Labute approximate surface area is 134 Å². The van der Waals surface area contributed by atoms with Crippen molar-refractivity contribution in [2.24, 2.45) is 5.10 Å². The van der Waals surface area contributed by atoms with E-state index in [0.717, 1.165) is 17.8 Å². The number of halogens is 3. The van der Waals surface area contributed by atoms with E-state index in [0.29, 0.717) is 5.56 Å². The van der Waals surface area contributed by atoms with Crippen molar-refractivity contribution in [2.75, 3.05) is 11.2 Å². The largest absolute Gasteiger partial charge is 0.433 e. The predicted molar refractivity (Wildman–Crippen MR) is 82.0 cm³/mol. The van der Waals surface area contributed by atoms with Gasteiger partial charge in [-0.25, -0.2) is 9.97 Å². The molecule has 118 valence electrons. The van der Waals surface area contributed by atoms with Crippen LogP contribution in [-0.2, 0) is 6.18 Å². The summed E-state index contributed by atoms with van der Waals surface area (Å²) in [5, 5.41) is 3.76. The molecule has 0 saturated heterocycles. The summed E-state index contributed by atoms with van der Waals surface area (Å²) in [4.78, 5) is 11.3. The van der Waals surface area contributed by atoms with Gasteiger partial charge in [0.1, 0.15) is 0 Å². The second-order valence-electron chi connectivity index (χ2n) is 4.07. The van der Waals surface area contributed by atoms with E-state index in [1.54, 1.807) is 24.5 Å². The van der Waals surface area contributed by atoms with Crippen molar-refractivity contribution >= 4 is 23.8 Å². The summed E-state index contributed by atoms with van der Waals surface area (Å²) in [6.07, 6.45) is 5.07. The molecule has 0 radical (unpaired) electrons. The second-order valence-corrected chi connectivity index (χ2v) is 5.01. The lowest BCUT2D eigenvalue weighted by molar-refractivity contribution is -0.141. The molecule has 2 rings (SSSR count). The summed E-state index contributed by atoms with van der Waals surface area (Å²) in [5.41, 5.74) is 2.07. The van der Waals surface area contributed by atoms with Crippen LogP contribution in [-0.4, -0.2) is 26.9 Å². The number of hydrazone groups is 1. The van der Waals surface area contributed by atoms with Gasteiger partial charge >= 0.3 is 6.18 Å². The number of aromatic nitrogens is 3. The van der Waals surface area contributed by atoms with Crippen molar-refractivity contribution in [3.63, 3.8) is 0 Å². The molecule has 0 aliphatic heterocycles. The van der Waals surface area contributed by atoms with Crippen molar-refractivity contribution in [2.45, 2.75) is 11.3 Å². The number of terminal acetylenes is 1. The van der Waals surface area contributed by atoms with Crippen LogP contribution < -0.4 is 5.43 Å². The van der Waals surface area contributed by atoms with Crippen LogP contribution >= 0.6 is 11.8 Å². The van der Waals surface area contributed by atoms with Crippen molar-refractivity contribution in [3.8, 4) is 12.3 Å². The summed E-state index contributed by atoms with van der Waals surface area (Å²) in [5.74, 6) is 2.39. The molecule has 0 aromatic carbocycles. The van der Waals surface area contributed by atoms with Crippen molar-refractivity contribution < 1.29 is 13.2 Å². The maximum Gasteiger partial charge on any atom is 0.433 e. The van der Waals surface area contributed by atoms with Gasteiger partial charge in [0.05, 0.1) is 12.0 Å². The molecule has 23 heavy (non-hydrogen) atoms. The van der Waals surface area contributed by atoms with Gasteiger partial charge in [-0.05, 0) is 6.07 Å². The molecule has 0 saturated carbocycles. The normalized spacial score (nSPS) is 11.4. The van der Waals surface area contributed by atoms with Gasteiger partial charge in [0.2, 0.25) is 0 Å². The fourth-order valence-electron chi connectivity index (χ4n) is 1.42. The molecule has 5 nitrogen and oxygen atoms in total. The molecule has 0 aliphatic carbocycles. The molecule has 0 amide bonds. The lowest BCUT2D eigenvalue weighted by atomic mass is 10.3. The fourth-order valence-corrected chi connectivity index (χ4v) is 1.96. The lowest BCUT2D eigenvalue weighted by Gasteiger charge is -2.09. The number of nitrogens with zero attached hydrogens (tertiary/aromatic N) is 4. The quantitative estimate of drug-likeness (QED) is 0.299. The Bertz CT molecular complexity index is 725. The molecule has 2 heterocycles. The molecule has 0 aliphatic rings. The first-order chi connectivity index (χ1) is 11.0. The monoisotopic (exact) mass is 337 g/mol. The number of pyridine rings is 1. The van der Waals surface area contributed by atoms with E-state index in [2.05, 4.69) is 31.4 Å². The lowest BCUT2D eigenvalue weighted by Crippen LogP contribution is -2.10. The second kappa shape index (κ2) is 7.60. The van der Waals surface area contributed by atoms with Crippen molar-refractivity contribution in [1.82, 2.24) is 15.0 Å². The van der Waals surface area contributed by atoms with Crippen LogP contribution in [0.15, 0.2) is 40.9 Å². The summed E-state index contributed by atoms with van der Waals surface area (Å²) >= 11 is 0.934. The molecule has 2 aromatic heterocycles. The first-order valence-electron chi connectivity index (χ1n) is 6.20. The van der Waals surface area contributed by atoms with Gasteiger partial charge in [0.25, 0.3) is 0 Å². The van der Waals surface area contributed by atoms with E-state index in [1.165, 1.54) is 6.21 Å². The van der Waals surface area contributed by atoms with Crippen LogP contribution in [0.3, 0.4) is 0 Å². The zero-order valence-corrected chi connectivity index (χ0v) is 12.4. The molecule has 9 heteroatoms. The third-order valence-electron chi connectivity index (χ3n) is 2.36. The number of nitrogens with one attached hydrogen (secondary N) is 1. The Balaban J connectivity index is 2.19. The van der Waals surface area contributed by atoms with E-state index < -0.39 is 11.9 Å². The van der Waals surface area contributed by atoms with Gasteiger partial charge in [-0.15, -0.1) is 6.42 Å². The highest BCUT2D eigenvalue weighted by Gasteiger charge is 2.33. The number of rotatable bonds is 5. The molecule has 0 unspecified atom stereocenters. The average Bonchev–Trinajstić information content (AvgIpc) is 2.53. The molecule has 0 atom stereocenters. The van der Waals surface area contributed by atoms with E-state index in [-0.39, 0.29) is 16.7 Å². The first-order valence-corrected chi connectivity index (χ1v) is 7.19. The van der Waals surface area contributed by atoms with Gasteiger partial charge in [-0.2, -0.15) is 18.3 Å². The summed E-state index contributed by atoms with van der Waals surface area (Å²) in [7, 11) is 0. The molecular weight excluding hydrogens is 327 g/mol. The molecular formula is C14H10F3N5S. The third-order valence-corrected chi connectivity index (χ3v) is 3.11. The fraction of sp³-hybridized carbons (Fsp3) is 0.143. The van der Waals surface area contributed by atoms with Gasteiger partial charge in [-0.1, -0.05) is 23.7 Å². The van der Waals surface area contributed by atoms with Crippen LogP contribution in [0.1, 0.15) is 11.3 Å². The zero-order valence-electron chi connectivity index (χ0n) is 11.6. The highest BCUT2D eigenvalue weighted by atomic mass is 32.2. The Morgan fingerprint density at radius 3 is 2.87 bits per heavy atom. The van der Waals surface area contributed by atoms with E-state index in [1.807, 2.05) is 0 Å². The molecule has 2 aromatic rings. The summed E-state index contributed by atoms with van der Waals surface area (Å²) < 4.78 is 38.5. The maximum atomic E-state index is 12.8. The Morgan fingerprint density at radius 1 is 1.39 bits per heavy atom. The van der Waals surface area contributed by atoms with Gasteiger partial charge < -0.3 is 0 Å². The summed E-state index contributed by atoms with van der Waals surface area (Å²) in [6, 6.07) is 4.23. The highest BCUT2D eigenvalue weighted by Crippen LogP contribution is 2.30. The van der Waals surface area contributed by atoms with E-state index in [9.17, 15) is 13.2 Å². The van der Waals surface area contributed by atoms with E-state index in [4.69, 9.17) is 6.42 Å². The molecule has 1 N–H and O–H groups in total. The van der Waals surface area contributed by atoms with Crippen LogP contribution in [0.5, 0.6) is 0 Å². The Hall–Kier alpha value is -2.60. The minimum absolute atomic E-state index is 0.0724. The third kappa shape index (κ3) is 5.27. The van der Waals surface area contributed by atoms with Crippen LogP contribution in [0.25, 0.3) is 0 Å². The number of anilines is 1. The molecule has 0 bridgehead atoms. The van der Waals surface area contributed by atoms with Crippen molar-refractivity contribution in [3.05, 3.63) is 41.9 Å². The minimum Gasteiger partial charge on any atom is -0.264 e. The van der Waals surface area contributed by atoms with Crippen LogP contribution in [0.2, 0.25) is 0 Å². The van der Waals surface area contributed by atoms with Gasteiger partial charge in [0.15, 0.2) is 16.7 Å². The first kappa shape index (κ1) is 16.8. The highest BCUT2D eigenvalue weighted by molar-refractivity contribution is 7.99. The van der Waals surface area contributed by atoms with Crippen LogP contribution in [0, 0.1) is 12.3 Å². The topological polar surface area (TPSA) is 63.1 Å². The standard InChI is InChI=1S/C14H10F3N5S/c1-2-6-23-13-20-11(14(15,16)17)7-12(21-13)22-19-9-10-4-3-5-18-8-10/h1,3-5,7-9H,6H2,(H,20,21,22).